The lowest BCUT2D eigenvalue weighted by Crippen LogP contribution is -2.06. The first-order valence-corrected chi connectivity index (χ1v) is 10.4. The van der Waals surface area contributed by atoms with E-state index in [0.29, 0.717) is 30.9 Å². The van der Waals surface area contributed by atoms with Crippen molar-refractivity contribution in [1.29, 1.82) is 0 Å². The van der Waals surface area contributed by atoms with Crippen LogP contribution in [0.1, 0.15) is 17.5 Å². The first-order valence-electron chi connectivity index (χ1n) is 10.4. The molecule has 3 aromatic carbocycles. The number of ether oxygens (including phenoxy) is 2. The Bertz CT molecular complexity index is 1180. The molecule has 158 valence electrons. The van der Waals surface area contributed by atoms with Crippen molar-refractivity contribution >= 4 is 22.6 Å². The highest BCUT2D eigenvalue weighted by atomic mass is 16.5. The monoisotopic (exact) mass is 414 g/mol. The number of carbonyl (C=O) groups is 1. The number of methoxy groups -OCH3 is 1. The molecular weight excluding hydrogens is 388 g/mol. The van der Waals surface area contributed by atoms with Gasteiger partial charge in [-0.2, -0.15) is 0 Å². The molecule has 0 atom stereocenters. The minimum atomic E-state index is -0.239. The summed E-state index contributed by atoms with van der Waals surface area (Å²) in [6, 6.07) is 22.4. The number of aryl methyl sites for hydroxylation is 1. The summed E-state index contributed by atoms with van der Waals surface area (Å²) in [4.78, 5) is 14.8. The summed E-state index contributed by atoms with van der Waals surface area (Å²) in [5.74, 6) is 0.435. The Morgan fingerprint density at radius 3 is 2.61 bits per heavy atom. The summed E-state index contributed by atoms with van der Waals surface area (Å²) in [6.07, 6.45) is 3.58. The van der Waals surface area contributed by atoms with Crippen molar-refractivity contribution in [2.75, 3.05) is 19.5 Å². The molecule has 31 heavy (non-hydrogen) atoms. The molecule has 0 aliphatic heterocycles. The van der Waals surface area contributed by atoms with Crippen molar-refractivity contribution in [3.8, 4) is 16.9 Å². The van der Waals surface area contributed by atoms with Gasteiger partial charge in [0.05, 0.1) is 19.4 Å². The first kappa shape index (κ1) is 20.5. The number of carbonyl (C=O) groups excluding carboxylic acids is 1. The van der Waals surface area contributed by atoms with E-state index in [1.165, 1.54) is 12.7 Å². The molecule has 4 aromatic rings. The molecule has 5 nitrogen and oxygen atoms in total. The average Bonchev–Trinajstić information content (AvgIpc) is 3.27. The number of nitrogens with one attached hydrogen (secondary N) is 1. The van der Waals surface area contributed by atoms with Gasteiger partial charge < -0.3 is 20.2 Å². The van der Waals surface area contributed by atoms with Crippen LogP contribution in [0.25, 0.3) is 22.0 Å². The van der Waals surface area contributed by atoms with Gasteiger partial charge in [0.25, 0.3) is 0 Å². The van der Waals surface area contributed by atoms with Crippen molar-refractivity contribution in [1.82, 2.24) is 4.98 Å². The van der Waals surface area contributed by atoms with E-state index in [-0.39, 0.29) is 5.97 Å². The summed E-state index contributed by atoms with van der Waals surface area (Å²) in [7, 11) is 1.40. The van der Waals surface area contributed by atoms with Crippen molar-refractivity contribution in [3.63, 3.8) is 0 Å². The summed E-state index contributed by atoms with van der Waals surface area (Å²) in [6.45, 7) is 0.523. The number of nitrogen functional groups attached to an aromatic ring is 1. The largest absolute Gasteiger partial charge is 0.490 e. The second kappa shape index (κ2) is 9.39. The molecule has 4 rings (SSSR count). The SMILES string of the molecule is COC(=O)CCc1cc(N)c(OCCc2ccccc2)c(-c2ccc3[nH]ccc3c2)c1. The number of hydrogen-bond acceptors (Lipinski definition) is 4. The molecule has 0 fully saturated rings. The third-order valence-electron chi connectivity index (χ3n) is 5.37. The third-order valence-corrected chi connectivity index (χ3v) is 5.37. The highest BCUT2D eigenvalue weighted by Crippen LogP contribution is 2.38. The zero-order valence-corrected chi connectivity index (χ0v) is 17.6. The van der Waals surface area contributed by atoms with Crippen LogP contribution in [0, 0.1) is 0 Å². The zero-order chi connectivity index (χ0) is 21.6. The molecule has 5 heteroatoms. The minimum Gasteiger partial charge on any atom is -0.490 e. The van der Waals surface area contributed by atoms with Crippen molar-refractivity contribution in [3.05, 3.63) is 84.1 Å². The number of fused-ring (bicyclic) bond motifs is 1. The molecule has 0 unspecified atom stereocenters. The fourth-order valence-electron chi connectivity index (χ4n) is 3.72. The molecule has 1 heterocycles. The van der Waals surface area contributed by atoms with E-state index in [1.807, 2.05) is 36.5 Å². The molecule has 0 radical (unpaired) electrons. The number of esters is 1. The molecule has 0 saturated carbocycles. The molecule has 0 bridgehead atoms. The van der Waals surface area contributed by atoms with Crippen LogP contribution in [0.4, 0.5) is 5.69 Å². The second-order valence-electron chi connectivity index (χ2n) is 7.50. The van der Waals surface area contributed by atoms with Crippen LogP contribution in [-0.2, 0) is 22.4 Å². The number of rotatable bonds is 8. The van der Waals surface area contributed by atoms with Crippen LogP contribution < -0.4 is 10.5 Å². The van der Waals surface area contributed by atoms with Gasteiger partial charge in [-0.05, 0) is 58.8 Å². The molecule has 0 spiro atoms. The van der Waals surface area contributed by atoms with E-state index in [9.17, 15) is 4.79 Å². The highest BCUT2D eigenvalue weighted by molar-refractivity contribution is 5.88. The molecule has 3 N–H and O–H groups in total. The summed E-state index contributed by atoms with van der Waals surface area (Å²) in [5.41, 5.74) is 12.2. The first-order chi connectivity index (χ1) is 15.1. The third kappa shape index (κ3) is 4.89. The predicted molar refractivity (Wildman–Crippen MR) is 124 cm³/mol. The summed E-state index contributed by atoms with van der Waals surface area (Å²) >= 11 is 0. The highest BCUT2D eigenvalue weighted by Gasteiger charge is 2.14. The van der Waals surface area contributed by atoms with Crippen molar-refractivity contribution in [2.24, 2.45) is 0 Å². The van der Waals surface area contributed by atoms with Gasteiger partial charge in [-0.3, -0.25) is 4.79 Å². The Kier molecular flexibility index (Phi) is 6.22. The van der Waals surface area contributed by atoms with Gasteiger partial charge in [0.15, 0.2) is 0 Å². The molecule has 1 aromatic heterocycles. The van der Waals surface area contributed by atoms with Crippen LogP contribution in [0.15, 0.2) is 72.9 Å². The predicted octanol–water partition coefficient (Wildman–Crippen LogP) is 5.14. The number of nitrogens with two attached hydrogens (primary N) is 1. The van der Waals surface area contributed by atoms with Crippen molar-refractivity contribution < 1.29 is 14.3 Å². The van der Waals surface area contributed by atoms with Gasteiger partial charge in [0.1, 0.15) is 5.75 Å². The van der Waals surface area contributed by atoms with Crippen LogP contribution in [-0.4, -0.2) is 24.7 Å². The average molecular weight is 415 g/mol. The van der Waals surface area contributed by atoms with Crippen LogP contribution >= 0.6 is 0 Å². The van der Waals surface area contributed by atoms with Gasteiger partial charge in [0.2, 0.25) is 0 Å². The van der Waals surface area contributed by atoms with E-state index in [2.05, 4.69) is 41.4 Å². The topological polar surface area (TPSA) is 77.3 Å². The van der Waals surface area contributed by atoms with Gasteiger partial charge in [-0.25, -0.2) is 0 Å². The summed E-state index contributed by atoms with van der Waals surface area (Å²) < 4.78 is 11.0. The minimum absolute atomic E-state index is 0.239. The number of hydrogen-bond donors (Lipinski definition) is 2. The Balaban J connectivity index is 1.65. The van der Waals surface area contributed by atoms with E-state index >= 15 is 0 Å². The normalized spacial score (nSPS) is 10.9. The van der Waals surface area contributed by atoms with Crippen LogP contribution in [0.5, 0.6) is 5.75 Å². The fourth-order valence-corrected chi connectivity index (χ4v) is 3.72. The van der Waals surface area contributed by atoms with E-state index in [1.54, 1.807) is 0 Å². The number of aromatic amines is 1. The fraction of sp³-hybridized carbons (Fsp3) is 0.192. The molecule has 0 saturated heterocycles. The van der Waals surface area contributed by atoms with E-state index in [0.717, 1.165) is 34.0 Å². The van der Waals surface area contributed by atoms with Gasteiger partial charge in [-0.15, -0.1) is 0 Å². The lowest BCUT2D eigenvalue weighted by molar-refractivity contribution is -0.140. The van der Waals surface area contributed by atoms with E-state index < -0.39 is 0 Å². The van der Waals surface area contributed by atoms with Gasteiger partial charge in [0, 0.05) is 30.1 Å². The summed E-state index contributed by atoms with van der Waals surface area (Å²) in [5, 5.41) is 1.12. The second-order valence-corrected chi connectivity index (χ2v) is 7.50. The number of aromatic nitrogens is 1. The Labute approximate surface area is 181 Å². The number of anilines is 1. The molecular formula is C26H26N2O3. The number of H-pyrrole nitrogens is 1. The lowest BCUT2D eigenvalue weighted by atomic mass is 9.97. The molecule has 0 aliphatic rings. The maximum Gasteiger partial charge on any atom is 0.305 e. The Morgan fingerprint density at radius 1 is 0.968 bits per heavy atom. The quantitative estimate of drug-likeness (QED) is 0.309. The van der Waals surface area contributed by atoms with Crippen LogP contribution in [0.3, 0.4) is 0 Å². The lowest BCUT2D eigenvalue weighted by Gasteiger charge is -2.17. The van der Waals surface area contributed by atoms with Crippen LogP contribution in [0.2, 0.25) is 0 Å². The maximum atomic E-state index is 11.6. The Hall–Kier alpha value is -3.73. The van der Waals surface area contributed by atoms with Gasteiger partial charge in [-0.1, -0.05) is 36.4 Å². The molecule has 0 aliphatic carbocycles. The standard InChI is InChI=1S/C26H26N2O3/c1-30-25(29)10-7-19-15-22(20-8-9-24-21(17-20)11-13-28-24)26(23(27)16-19)31-14-12-18-5-3-2-4-6-18/h2-6,8-9,11,13,15-17,28H,7,10,12,14,27H2,1H3. The number of benzene rings is 3. The smallest absolute Gasteiger partial charge is 0.305 e. The van der Waals surface area contributed by atoms with Crippen molar-refractivity contribution in [2.45, 2.75) is 19.3 Å². The molecule has 0 amide bonds. The zero-order valence-electron chi connectivity index (χ0n) is 17.6. The Morgan fingerprint density at radius 2 is 1.81 bits per heavy atom. The van der Waals surface area contributed by atoms with E-state index in [4.69, 9.17) is 15.2 Å². The maximum absolute atomic E-state index is 11.6. The van der Waals surface area contributed by atoms with Gasteiger partial charge >= 0.3 is 5.97 Å².